The Hall–Kier alpha value is -1.21. The highest BCUT2D eigenvalue weighted by Crippen LogP contribution is 2.30. The Morgan fingerprint density at radius 2 is 2.33 bits per heavy atom. The summed E-state index contributed by atoms with van der Waals surface area (Å²) in [6, 6.07) is 2.04. The van der Waals surface area contributed by atoms with Gasteiger partial charge in [0, 0.05) is 35.4 Å². The molecule has 1 atom stereocenters. The second kappa shape index (κ2) is 7.17. The van der Waals surface area contributed by atoms with Gasteiger partial charge in [-0.1, -0.05) is 6.42 Å². The zero-order valence-electron chi connectivity index (χ0n) is 12.4. The van der Waals surface area contributed by atoms with Crippen LogP contribution in [0.1, 0.15) is 33.1 Å². The first kappa shape index (κ1) is 16.2. The van der Waals surface area contributed by atoms with Crippen LogP contribution >= 0.6 is 15.9 Å². The molecule has 0 bridgehead atoms. The number of halogens is 1. The number of aromatic nitrogens is 1. The minimum absolute atomic E-state index is 0.0499. The van der Waals surface area contributed by atoms with E-state index in [-0.39, 0.29) is 16.7 Å². The molecule has 2 rings (SSSR count). The van der Waals surface area contributed by atoms with Gasteiger partial charge in [0.1, 0.15) is 0 Å². The Bertz CT molecular complexity index is 504. The van der Waals surface area contributed by atoms with Crippen LogP contribution in [0.25, 0.3) is 0 Å². The first-order valence-corrected chi connectivity index (χ1v) is 8.08. The molecule has 1 aromatic rings. The molecule has 1 unspecified atom stereocenters. The normalized spacial score (nSPS) is 18.8. The van der Waals surface area contributed by atoms with E-state index in [9.17, 15) is 10.1 Å². The molecule has 0 amide bonds. The van der Waals surface area contributed by atoms with Crippen LogP contribution in [0.15, 0.2) is 16.7 Å². The summed E-state index contributed by atoms with van der Waals surface area (Å²) in [4.78, 5) is 17.2. The molecule has 7 heteroatoms. The van der Waals surface area contributed by atoms with Crippen LogP contribution in [0.2, 0.25) is 0 Å². The van der Waals surface area contributed by atoms with Crippen molar-refractivity contribution in [2.24, 2.45) is 0 Å². The highest BCUT2D eigenvalue weighted by atomic mass is 79.9. The van der Waals surface area contributed by atoms with Crippen molar-refractivity contribution in [1.29, 1.82) is 0 Å². The van der Waals surface area contributed by atoms with E-state index in [0.29, 0.717) is 16.3 Å². The minimum Gasteiger partial charge on any atom is -0.347 e. The molecule has 0 radical (unpaired) electrons. The van der Waals surface area contributed by atoms with E-state index >= 15 is 0 Å². The number of nitrogens with one attached hydrogen (secondary N) is 1. The van der Waals surface area contributed by atoms with E-state index in [0.717, 1.165) is 19.5 Å². The molecule has 116 valence electrons. The fraction of sp³-hybridized carbons (Fsp3) is 0.643. The van der Waals surface area contributed by atoms with Crippen LogP contribution in [0.3, 0.4) is 0 Å². The highest BCUT2D eigenvalue weighted by molar-refractivity contribution is 9.10. The summed E-state index contributed by atoms with van der Waals surface area (Å²) in [5.74, 6) is 0.450. The number of pyridine rings is 1. The number of hydrogen-bond donors (Lipinski definition) is 1. The number of piperidine rings is 1. The molecule has 0 spiro atoms. The molecule has 0 aromatic carbocycles. The summed E-state index contributed by atoms with van der Waals surface area (Å²) in [6.07, 6.45) is 5.13. The van der Waals surface area contributed by atoms with Gasteiger partial charge in [0.2, 0.25) is 5.82 Å². The zero-order chi connectivity index (χ0) is 15.4. The molecule has 1 N–H and O–H groups in total. The first-order chi connectivity index (χ1) is 9.99. The van der Waals surface area contributed by atoms with E-state index in [1.165, 1.54) is 18.9 Å². The number of anilines is 1. The second-order valence-electron chi connectivity index (χ2n) is 5.65. The summed E-state index contributed by atoms with van der Waals surface area (Å²) >= 11 is 3.25. The third kappa shape index (κ3) is 4.14. The third-order valence-corrected chi connectivity index (χ3v) is 4.17. The highest BCUT2D eigenvalue weighted by Gasteiger charge is 2.26. The molecule has 1 saturated heterocycles. The Balaban J connectivity index is 2.27. The van der Waals surface area contributed by atoms with Crippen LogP contribution < -0.4 is 10.2 Å². The molecule has 0 aliphatic carbocycles. The van der Waals surface area contributed by atoms with E-state index in [2.05, 4.69) is 26.2 Å². The lowest BCUT2D eigenvalue weighted by molar-refractivity contribution is -0.384. The SMILES string of the molecule is CC(C)N(CC1CCCCN1)c1ncc(Br)cc1[N+](=O)[O-]. The molecule has 0 saturated carbocycles. The lowest BCUT2D eigenvalue weighted by Gasteiger charge is -2.33. The van der Waals surface area contributed by atoms with Gasteiger partial charge in [-0.3, -0.25) is 10.1 Å². The maximum atomic E-state index is 11.3. The number of hydrogen-bond acceptors (Lipinski definition) is 5. The van der Waals surface area contributed by atoms with Crippen LogP contribution in [0.4, 0.5) is 11.5 Å². The topological polar surface area (TPSA) is 71.3 Å². The van der Waals surface area contributed by atoms with Crippen LogP contribution in [-0.2, 0) is 0 Å². The average molecular weight is 357 g/mol. The predicted octanol–water partition coefficient (Wildman–Crippen LogP) is 3.11. The fourth-order valence-corrected chi connectivity index (χ4v) is 2.96. The standard InChI is InChI=1S/C14H21BrN4O2/c1-10(2)18(9-12-5-3-4-6-16-12)14-13(19(20)21)7-11(15)8-17-14/h7-8,10,12,16H,3-6,9H2,1-2H3. The second-order valence-corrected chi connectivity index (χ2v) is 6.56. The van der Waals surface area contributed by atoms with Crippen molar-refractivity contribution in [2.45, 2.75) is 45.2 Å². The first-order valence-electron chi connectivity index (χ1n) is 7.29. The van der Waals surface area contributed by atoms with E-state index < -0.39 is 0 Å². The maximum absolute atomic E-state index is 11.3. The van der Waals surface area contributed by atoms with Crippen molar-refractivity contribution < 1.29 is 4.92 Å². The summed E-state index contributed by atoms with van der Waals surface area (Å²) in [6.45, 7) is 5.84. The van der Waals surface area contributed by atoms with Gasteiger partial charge in [-0.15, -0.1) is 0 Å². The van der Waals surface area contributed by atoms with Crippen molar-refractivity contribution >= 4 is 27.4 Å². The van der Waals surface area contributed by atoms with Crippen molar-refractivity contribution in [2.75, 3.05) is 18.0 Å². The van der Waals surface area contributed by atoms with Crippen molar-refractivity contribution in [3.05, 3.63) is 26.9 Å². The molecular weight excluding hydrogens is 336 g/mol. The fourth-order valence-electron chi connectivity index (χ4n) is 2.64. The molecule has 1 aromatic heterocycles. The largest absolute Gasteiger partial charge is 0.347 e. The number of nitrogens with zero attached hydrogens (tertiary/aromatic N) is 3. The van der Waals surface area contributed by atoms with Gasteiger partial charge in [-0.05, 0) is 49.2 Å². The molecule has 21 heavy (non-hydrogen) atoms. The quantitative estimate of drug-likeness (QED) is 0.648. The molecule has 6 nitrogen and oxygen atoms in total. The Morgan fingerprint density at radius 1 is 1.57 bits per heavy atom. The zero-order valence-corrected chi connectivity index (χ0v) is 14.0. The lowest BCUT2D eigenvalue weighted by Crippen LogP contribution is -2.46. The predicted molar refractivity (Wildman–Crippen MR) is 86.7 cm³/mol. The average Bonchev–Trinajstić information content (AvgIpc) is 2.46. The summed E-state index contributed by atoms with van der Waals surface area (Å²) in [5.41, 5.74) is 0.0499. The molecule has 1 aliphatic heterocycles. The van der Waals surface area contributed by atoms with Crippen molar-refractivity contribution in [3.8, 4) is 0 Å². The van der Waals surface area contributed by atoms with Gasteiger partial charge in [-0.25, -0.2) is 4.98 Å². The number of rotatable bonds is 5. The van der Waals surface area contributed by atoms with Crippen molar-refractivity contribution in [1.82, 2.24) is 10.3 Å². The third-order valence-electron chi connectivity index (χ3n) is 3.74. The van der Waals surface area contributed by atoms with Gasteiger partial charge in [0.05, 0.1) is 4.92 Å². The van der Waals surface area contributed by atoms with Crippen LogP contribution in [-0.4, -0.2) is 35.1 Å². The Labute approximate surface area is 133 Å². The lowest BCUT2D eigenvalue weighted by atomic mass is 10.0. The smallest absolute Gasteiger partial charge is 0.312 e. The number of nitro groups is 1. The van der Waals surface area contributed by atoms with Gasteiger partial charge in [0.15, 0.2) is 0 Å². The summed E-state index contributed by atoms with van der Waals surface area (Å²) in [7, 11) is 0. The van der Waals surface area contributed by atoms with Gasteiger partial charge in [-0.2, -0.15) is 0 Å². The minimum atomic E-state index is -0.364. The molecule has 2 heterocycles. The monoisotopic (exact) mass is 356 g/mol. The van der Waals surface area contributed by atoms with Gasteiger partial charge >= 0.3 is 5.69 Å². The molecular formula is C14H21BrN4O2. The van der Waals surface area contributed by atoms with Gasteiger partial charge in [0.25, 0.3) is 0 Å². The van der Waals surface area contributed by atoms with E-state index in [4.69, 9.17) is 0 Å². The Morgan fingerprint density at radius 3 is 2.90 bits per heavy atom. The Kier molecular flexibility index (Phi) is 5.52. The molecule has 1 fully saturated rings. The van der Waals surface area contributed by atoms with Crippen molar-refractivity contribution in [3.63, 3.8) is 0 Å². The van der Waals surface area contributed by atoms with E-state index in [1.54, 1.807) is 6.20 Å². The maximum Gasteiger partial charge on any atom is 0.312 e. The van der Waals surface area contributed by atoms with Gasteiger partial charge < -0.3 is 10.2 Å². The summed E-state index contributed by atoms with van der Waals surface area (Å²) in [5, 5.41) is 14.8. The van der Waals surface area contributed by atoms with E-state index in [1.807, 2.05) is 18.7 Å². The molecule has 1 aliphatic rings. The van der Waals surface area contributed by atoms with Crippen LogP contribution in [0, 0.1) is 10.1 Å². The van der Waals surface area contributed by atoms with Crippen LogP contribution in [0.5, 0.6) is 0 Å². The summed E-state index contributed by atoms with van der Waals surface area (Å²) < 4.78 is 0.623.